The molecule has 1 aliphatic rings. The summed E-state index contributed by atoms with van der Waals surface area (Å²) in [6.07, 6.45) is 1.69. The van der Waals surface area contributed by atoms with Gasteiger partial charge in [0.05, 0.1) is 16.6 Å². The minimum absolute atomic E-state index is 0.0633. The highest BCUT2D eigenvalue weighted by Crippen LogP contribution is 2.36. The van der Waals surface area contributed by atoms with Crippen molar-refractivity contribution in [2.45, 2.75) is 30.2 Å². The highest BCUT2D eigenvalue weighted by Gasteiger charge is 2.37. The first-order valence-corrected chi connectivity index (χ1v) is 10.9. The van der Waals surface area contributed by atoms with Gasteiger partial charge in [0, 0.05) is 18.7 Å². The van der Waals surface area contributed by atoms with Crippen LogP contribution in [0.1, 0.15) is 35.8 Å². The van der Waals surface area contributed by atoms with Crippen LogP contribution in [0, 0.1) is 11.6 Å². The van der Waals surface area contributed by atoms with Crippen molar-refractivity contribution in [1.29, 1.82) is 0 Å². The first-order valence-electron chi connectivity index (χ1n) is 9.42. The minimum Gasteiger partial charge on any atom is -0.256 e. The largest absolute Gasteiger partial charge is 0.256 e. The monoisotopic (exact) mass is 414 g/mol. The van der Waals surface area contributed by atoms with Gasteiger partial charge in [0.1, 0.15) is 11.6 Å². The van der Waals surface area contributed by atoms with E-state index in [1.165, 1.54) is 22.5 Å². The lowest BCUT2D eigenvalue weighted by Crippen LogP contribution is -2.31. The summed E-state index contributed by atoms with van der Waals surface area (Å²) in [7, 11) is -3.76. The van der Waals surface area contributed by atoms with Crippen LogP contribution in [-0.2, 0) is 16.4 Å². The molecule has 1 aromatic heterocycles. The smallest absolute Gasteiger partial charge is 0.243 e. The SMILES string of the molecule is O=S(=O)(c1ccc(F)cc1)N1CCC[C@H]1c1cccc(Cc2ccccc2F)n1. The zero-order valence-electron chi connectivity index (χ0n) is 15.6. The normalized spacial score (nSPS) is 17.5. The fourth-order valence-electron chi connectivity index (χ4n) is 3.68. The number of sulfonamides is 1. The Morgan fingerprint density at radius 2 is 1.72 bits per heavy atom. The third-order valence-electron chi connectivity index (χ3n) is 5.12. The van der Waals surface area contributed by atoms with Gasteiger partial charge in [-0.2, -0.15) is 4.31 Å². The summed E-state index contributed by atoms with van der Waals surface area (Å²) < 4.78 is 54.7. The second-order valence-corrected chi connectivity index (χ2v) is 8.94. The summed E-state index contributed by atoms with van der Waals surface area (Å²) in [4.78, 5) is 4.69. The van der Waals surface area contributed by atoms with E-state index in [-0.39, 0.29) is 10.7 Å². The summed E-state index contributed by atoms with van der Waals surface area (Å²) in [5.74, 6) is -0.773. The van der Waals surface area contributed by atoms with E-state index in [9.17, 15) is 17.2 Å². The first kappa shape index (κ1) is 19.7. The van der Waals surface area contributed by atoms with E-state index >= 15 is 0 Å². The summed E-state index contributed by atoms with van der Waals surface area (Å²) >= 11 is 0. The Labute approximate surface area is 168 Å². The molecule has 0 spiro atoms. The number of pyridine rings is 1. The number of hydrogen-bond donors (Lipinski definition) is 0. The molecule has 2 heterocycles. The molecule has 7 heteroatoms. The average Bonchev–Trinajstić information content (AvgIpc) is 3.21. The predicted octanol–water partition coefficient (Wildman–Crippen LogP) is 4.48. The number of hydrogen-bond acceptors (Lipinski definition) is 3. The molecule has 1 saturated heterocycles. The Morgan fingerprint density at radius 1 is 0.966 bits per heavy atom. The topological polar surface area (TPSA) is 50.3 Å². The molecule has 3 aromatic rings. The van der Waals surface area contributed by atoms with Crippen molar-refractivity contribution in [3.05, 3.63) is 95.3 Å². The molecule has 0 bridgehead atoms. The van der Waals surface area contributed by atoms with Gasteiger partial charge in [-0.05, 0) is 60.9 Å². The van der Waals surface area contributed by atoms with Crippen LogP contribution in [0.15, 0.2) is 71.6 Å². The zero-order valence-corrected chi connectivity index (χ0v) is 16.4. The van der Waals surface area contributed by atoms with Crippen molar-refractivity contribution in [1.82, 2.24) is 9.29 Å². The molecule has 1 aliphatic heterocycles. The third kappa shape index (κ3) is 4.06. The van der Waals surface area contributed by atoms with Crippen molar-refractivity contribution in [3.63, 3.8) is 0 Å². The fourth-order valence-corrected chi connectivity index (χ4v) is 5.35. The van der Waals surface area contributed by atoms with Crippen molar-refractivity contribution in [2.24, 2.45) is 0 Å². The van der Waals surface area contributed by atoms with Gasteiger partial charge >= 0.3 is 0 Å². The molecule has 2 aromatic carbocycles. The summed E-state index contributed by atoms with van der Waals surface area (Å²) in [6.45, 7) is 0.379. The highest BCUT2D eigenvalue weighted by molar-refractivity contribution is 7.89. The first-order chi connectivity index (χ1) is 13.9. The lowest BCUT2D eigenvalue weighted by molar-refractivity contribution is 0.390. The standard InChI is InChI=1S/C22H20F2N2O2S/c23-17-10-12-19(13-11-17)29(27,28)26-14-4-9-22(26)21-8-3-6-18(25-21)15-16-5-1-2-7-20(16)24/h1-3,5-8,10-13,22H,4,9,14-15H2/t22-/m0/s1. The molecule has 29 heavy (non-hydrogen) atoms. The maximum atomic E-state index is 14.0. The molecular formula is C22H20F2N2O2S. The Bertz CT molecular complexity index is 1120. The van der Waals surface area contributed by atoms with Gasteiger partial charge in [-0.25, -0.2) is 17.2 Å². The van der Waals surface area contributed by atoms with Crippen molar-refractivity contribution in [3.8, 4) is 0 Å². The van der Waals surface area contributed by atoms with E-state index in [1.807, 2.05) is 12.1 Å². The van der Waals surface area contributed by atoms with Crippen LogP contribution >= 0.6 is 0 Å². The molecule has 4 rings (SSSR count). The van der Waals surface area contributed by atoms with Gasteiger partial charge in [0.25, 0.3) is 0 Å². The van der Waals surface area contributed by atoms with Gasteiger partial charge in [-0.15, -0.1) is 0 Å². The number of rotatable bonds is 5. The van der Waals surface area contributed by atoms with Crippen LogP contribution in [0.25, 0.3) is 0 Å². The maximum Gasteiger partial charge on any atom is 0.243 e. The van der Waals surface area contributed by atoms with Gasteiger partial charge in [-0.1, -0.05) is 24.3 Å². The van der Waals surface area contributed by atoms with Gasteiger partial charge in [0.15, 0.2) is 0 Å². The van der Waals surface area contributed by atoms with Crippen molar-refractivity contribution < 1.29 is 17.2 Å². The molecule has 0 N–H and O–H groups in total. The van der Waals surface area contributed by atoms with Crippen molar-refractivity contribution in [2.75, 3.05) is 6.54 Å². The fraction of sp³-hybridized carbons (Fsp3) is 0.227. The molecule has 0 amide bonds. The molecule has 0 aliphatic carbocycles. The minimum atomic E-state index is -3.76. The van der Waals surface area contributed by atoms with E-state index in [0.29, 0.717) is 42.8 Å². The van der Waals surface area contributed by atoms with Crippen LogP contribution < -0.4 is 0 Å². The van der Waals surface area contributed by atoms with E-state index in [2.05, 4.69) is 4.98 Å². The molecule has 1 atom stereocenters. The average molecular weight is 414 g/mol. The summed E-state index contributed by atoms with van der Waals surface area (Å²) in [5, 5.41) is 0. The summed E-state index contributed by atoms with van der Waals surface area (Å²) in [6, 6.07) is 16.4. The predicted molar refractivity (Wildman–Crippen MR) is 106 cm³/mol. The summed E-state index contributed by atoms with van der Waals surface area (Å²) in [5.41, 5.74) is 1.86. The second kappa shape index (κ2) is 8.00. The Kier molecular flexibility index (Phi) is 5.43. The van der Waals surface area contributed by atoms with Crippen molar-refractivity contribution >= 4 is 10.0 Å². The van der Waals surface area contributed by atoms with Crippen LogP contribution in [0.4, 0.5) is 8.78 Å². The number of nitrogens with zero attached hydrogens (tertiary/aromatic N) is 2. The Hall–Kier alpha value is -2.64. The quantitative estimate of drug-likeness (QED) is 0.619. The van der Waals surface area contributed by atoms with E-state index in [4.69, 9.17) is 0 Å². The molecule has 4 nitrogen and oxygen atoms in total. The molecule has 0 unspecified atom stereocenters. The van der Waals surface area contributed by atoms with Crippen LogP contribution in [-0.4, -0.2) is 24.3 Å². The Balaban J connectivity index is 1.62. The zero-order chi connectivity index (χ0) is 20.4. The lowest BCUT2D eigenvalue weighted by atomic mass is 10.1. The van der Waals surface area contributed by atoms with E-state index < -0.39 is 21.9 Å². The van der Waals surface area contributed by atoms with Crippen LogP contribution in [0.3, 0.4) is 0 Å². The maximum absolute atomic E-state index is 14.0. The number of benzene rings is 2. The van der Waals surface area contributed by atoms with Gasteiger partial charge < -0.3 is 0 Å². The number of aromatic nitrogens is 1. The third-order valence-corrected chi connectivity index (χ3v) is 7.05. The molecule has 0 saturated carbocycles. The molecule has 150 valence electrons. The Morgan fingerprint density at radius 3 is 2.48 bits per heavy atom. The lowest BCUT2D eigenvalue weighted by Gasteiger charge is -2.24. The van der Waals surface area contributed by atoms with E-state index in [0.717, 1.165) is 12.1 Å². The highest BCUT2D eigenvalue weighted by atomic mass is 32.2. The van der Waals surface area contributed by atoms with Crippen LogP contribution in [0.5, 0.6) is 0 Å². The molecule has 1 fully saturated rings. The molecular weight excluding hydrogens is 394 g/mol. The van der Waals surface area contributed by atoms with Gasteiger partial charge in [0.2, 0.25) is 10.0 Å². The second-order valence-electron chi connectivity index (χ2n) is 7.05. The van der Waals surface area contributed by atoms with Gasteiger partial charge in [-0.3, -0.25) is 4.98 Å². The van der Waals surface area contributed by atoms with Crippen LogP contribution in [0.2, 0.25) is 0 Å². The molecule has 0 radical (unpaired) electrons. The number of halogens is 2. The van der Waals surface area contributed by atoms with E-state index in [1.54, 1.807) is 24.3 Å².